The van der Waals surface area contributed by atoms with Crippen molar-refractivity contribution < 1.29 is 33.6 Å². The van der Waals surface area contributed by atoms with Crippen LogP contribution in [-0.2, 0) is 16.1 Å². The Morgan fingerprint density at radius 3 is 2.44 bits per heavy atom. The van der Waals surface area contributed by atoms with Gasteiger partial charge in [-0.25, -0.2) is 0 Å². The Bertz CT molecular complexity index is 1380. The van der Waals surface area contributed by atoms with E-state index in [1.54, 1.807) is 61.7 Å². The highest BCUT2D eigenvalue weighted by Gasteiger charge is 2.46. The molecule has 9 heteroatoms. The lowest BCUT2D eigenvalue weighted by molar-refractivity contribution is -0.140. The molecule has 1 fully saturated rings. The van der Waals surface area contributed by atoms with Crippen LogP contribution in [0, 0.1) is 0 Å². The average Bonchev–Trinajstić information content (AvgIpc) is 3.46. The van der Waals surface area contributed by atoms with Crippen molar-refractivity contribution in [2.45, 2.75) is 12.6 Å². The van der Waals surface area contributed by atoms with Gasteiger partial charge in [-0.05, 0) is 69.5 Å². The first-order valence-electron chi connectivity index (χ1n) is 11.1. The smallest absolute Gasteiger partial charge is 0.295 e. The minimum Gasteiger partial charge on any atom is -0.507 e. The van der Waals surface area contributed by atoms with Crippen LogP contribution in [0.1, 0.15) is 22.7 Å². The fourth-order valence-corrected chi connectivity index (χ4v) is 4.92. The van der Waals surface area contributed by atoms with Gasteiger partial charge in [-0.2, -0.15) is 0 Å². The van der Waals surface area contributed by atoms with Crippen LogP contribution in [0.25, 0.3) is 5.76 Å². The molecule has 0 aromatic heterocycles. The number of aliphatic hydroxyl groups excluding tert-OH is 1. The molecule has 3 aromatic carbocycles. The number of nitrogens with zero attached hydrogens (tertiary/aromatic N) is 1. The Balaban J connectivity index is 1.61. The minimum atomic E-state index is -0.817. The van der Waals surface area contributed by atoms with Gasteiger partial charge >= 0.3 is 0 Å². The molecule has 2 heterocycles. The minimum absolute atomic E-state index is 0.00276. The Morgan fingerprint density at radius 2 is 1.75 bits per heavy atom. The van der Waals surface area contributed by atoms with Gasteiger partial charge in [-0.1, -0.05) is 18.2 Å². The monoisotopic (exact) mass is 551 g/mol. The van der Waals surface area contributed by atoms with E-state index in [0.29, 0.717) is 38.6 Å². The highest BCUT2D eigenvalue weighted by molar-refractivity contribution is 9.10. The summed E-state index contributed by atoms with van der Waals surface area (Å²) in [7, 11) is 3.09. The number of hydrogen-bond acceptors (Lipinski definition) is 7. The number of ketones is 1. The molecule has 3 aromatic rings. The molecule has 1 amide bonds. The third-order valence-corrected chi connectivity index (χ3v) is 6.81. The molecule has 184 valence electrons. The maximum atomic E-state index is 13.3. The molecule has 0 spiro atoms. The molecular formula is C27H22BrNO7. The number of methoxy groups -OCH3 is 2. The predicted molar refractivity (Wildman–Crippen MR) is 134 cm³/mol. The van der Waals surface area contributed by atoms with Gasteiger partial charge in [0.15, 0.2) is 11.5 Å². The number of ether oxygens (including phenoxy) is 4. The number of carbonyl (C=O) groups is 2. The summed E-state index contributed by atoms with van der Waals surface area (Å²) in [6.07, 6.45) is 0. The number of fused-ring (bicyclic) bond motifs is 1. The summed E-state index contributed by atoms with van der Waals surface area (Å²) in [5, 5.41) is 11.3. The molecule has 8 nitrogen and oxygen atoms in total. The molecule has 0 aliphatic carbocycles. The summed E-state index contributed by atoms with van der Waals surface area (Å²) in [4.78, 5) is 28.0. The first kappa shape index (κ1) is 23.7. The lowest BCUT2D eigenvalue weighted by Crippen LogP contribution is -2.29. The van der Waals surface area contributed by atoms with E-state index in [0.717, 1.165) is 5.56 Å². The third kappa shape index (κ3) is 4.15. The van der Waals surface area contributed by atoms with Crippen molar-refractivity contribution in [2.75, 3.05) is 21.0 Å². The molecule has 0 saturated carbocycles. The van der Waals surface area contributed by atoms with Crippen LogP contribution in [0.4, 0.5) is 0 Å². The van der Waals surface area contributed by atoms with Crippen molar-refractivity contribution in [2.24, 2.45) is 0 Å². The second-order valence-corrected chi connectivity index (χ2v) is 9.09. The zero-order valence-electron chi connectivity index (χ0n) is 19.5. The largest absolute Gasteiger partial charge is 0.507 e. The number of benzene rings is 3. The SMILES string of the molecule is COc1ccc(C2/C(=C(\O)c3ccc(OC)c(Br)c3)C(=O)C(=O)N2Cc2ccc3c(c2)OCO3)cc1. The standard InChI is InChI=1S/C27H22BrNO7/c1-33-18-7-4-16(5-8-18)24-23(25(30)17-6-10-20(34-2)19(28)12-17)26(31)27(32)29(24)13-15-3-9-21-22(11-15)36-14-35-21/h3-12,24,30H,13-14H2,1-2H3/b25-23+. The van der Waals surface area contributed by atoms with Gasteiger partial charge in [-0.15, -0.1) is 0 Å². The van der Waals surface area contributed by atoms with Crippen molar-refractivity contribution in [1.29, 1.82) is 0 Å². The van der Waals surface area contributed by atoms with Crippen LogP contribution >= 0.6 is 15.9 Å². The number of hydrogen-bond donors (Lipinski definition) is 1. The predicted octanol–water partition coefficient (Wildman–Crippen LogP) is 4.82. The molecular weight excluding hydrogens is 530 g/mol. The number of carbonyl (C=O) groups excluding carboxylic acids is 2. The number of Topliss-reactive ketones (excluding diaryl/α,β-unsaturated/α-hetero) is 1. The molecule has 1 N–H and O–H groups in total. The molecule has 2 aliphatic rings. The Hall–Kier alpha value is -3.98. The van der Waals surface area contributed by atoms with Crippen molar-refractivity contribution in [1.82, 2.24) is 4.90 Å². The summed E-state index contributed by atoms with van der Waals surface area (Å²) in [5.74, 6) is 0.659. The Morgan fingerprint density at radius 1 is 1.00 bits per heavy atom. The van der Waals surface area contributed by atoms with Gasteiger partial charge in [0.25, 0.3) is 11.7 Å². The Kier molecular flexibility index (Phi) is 6.32. The second-order valence-electron chi connectivity index (χ2n) is 8.24. The zero-order valence-corrected chi connectivity index (χ0v) is 21.1. The molecule has 1 saturated heterocycles. The summed E-state index contributed by atoms with van der Waals surface area (Å²) >= 11 is 3.41. The topological polar surface area (TPSA) is 94.5 Å². The van der Waals surface area contributed by atoms with Crippen molar-refractivity contribution in [3.05, 3.63) is 87.4 Å². The van der Waals surface area contributed by atoms with E-state index in [4.69, 9.17) is 18.9 Å². The zero-order chi connectivity index (χ0) is 25.4. The summed E-state index contributed by atoms with van der Waals surface area (Å²) in [6.45, 7) is 0.258. The van der Waals surface area contributed by atoms with E-state index in [1.165, 1.54) is 12.0 Å². The van der Waals surface area contributed by atoms with Gasteiger partial charge in [0.1, 0.15) is 17.3 Å². The van der Waals surface area contributed by atoms with Gasteiger partial charge < -0.3 is 29.0 Å². The van der Waals surface area contributed by atoms with Crippen LogP contribution in [0.3, 0.4) is 0 Å². The molecule has 2 aliphatic heterocycles. The van der Waals surface area contributed by atoms with Crippen LogP contribution in [0.15, 0.2) is 70.7 Å². The van der Waals surface area contributed by atoms with E-state index < -0.39 is 17.7 Å². The number of halogens is 1. The van der Waals surface area contributed by atoms with E-state index in [2.05, 4.69) is 15.9 Å². The molecule has 1 atom stereocenters. The van der Waals surface area contributed by atoms with Crippen molar-refractivity contribution in [3.63, 3.8) is 0 Å². The van der Waals surface area contributed by atoms with E-state index in [-0.39, 0.29) is 24.7 Å². The van der Waals surface area contributed by atoms with E-state index >= 15 is 0 Å². The maximum Gasteiger partial charge on any atom is 0.295 e. The van der Waals surface area contributed by atoms with E-state index in [1.807, 2.05) is 6.07 Å². The first-order chi connectivity index (χ1) is 17.4. The number of rotatable bonds is 6. The fraction of sp³-hybridized carbons (Fsp3) is 0.185. The normalized spacial score (nSPS) is 18.0. The molecule has 5 rings (SSSR count). The average molecular weight is 552 g/mol. The fourth-order valence-electron chi connectivity index (χ4n) is 4.38. The lowest BCUT2D eigenvalue weighted by atomic mass is 9.95. The van der Waals surface area contributed by atoms with E-state index in [9.17, 15) is 14.7 Å². The summed E-state index contributed by atoms with van der Waals surface area (Å²) in [6, 6.07) is 16.6. The molecule has 0 radical (unpaired) electrons. The van der Waals surface area contributed by atoms with Crippen molar-refractivity contribution in [3.8, 4) is 23.0 Å². The molecule has 1 unspecified atom stereocenters. The number of aliphatic hydroxyl groups is 1. The highest BCUT2D eigenvalue weighted by Crippen LogP contribution is 2.42. The second kappa shape index (κ2) is 9.58. The highest BCUT2D eigenvalue weighted by atomic mass is 79.9. The Labute approximate surface area is 215 Å². The maximum absolute atomic E-state index is 13.3. The quantitative estimate of drug-likeness (QED) is 0.266. The van der Waals surface area contributed by atoms with Crippen molar-refractivity contribution >= 4 is 33.4 Å². The lowest BCUT2D eigenvalue weighted by Gasteiger charge is -2.25. The summed E-state index contributed by atoms with van der Waals surface area (Å²) < 4.78 is 22.0. The van der Waals surface area contributed by atoms with Crippen LogP contribution in [-0.4, -0.2) is 42.7 Å². The number of amides is 1. The first-order valence-corrected chi connectivity index (χ1v) is 11.9. The summed E-state index contributed by atoms with van der Waals surface area (Å²) in [5.41, 5.74) is 1.79. The van der Waals surface area contributed by atoms with Crippen LogP contribution in [0.2, 0.25) is 0 Å². The molecule has 36 heavy (non-hydrogen) atoms. The van der Waals surface area contributed by atoms with Gasteiger partial charge in [-0.3, -0.25) is 9.59 Å². The molecule has 0 bridgehead atoms. The third-order valence-electron chi connectivity index (χ3n) is 6.19. The van der Waals surface area contributed by atoms with Crippen LogP contribution in [0.5, 0.6) is 23.0 Å². The van der Waals surface area contributed by atoms with Gasteiger partial charge in [0.2, 0.25) is 6.79 Å². The van der Waals surface area contributed by atoms with Gasteiger partial charge in [0, 0.05) is 12.1 Å². The van der Waals surface area contributed by atoms with Gasteiger partial charge in [0.05, 0.1) is 30.3 Å². The number of likely N-dealkylation sites (tertiary alicyclic amines) is 1. The van der Waals surface area contributed by atoms with Crippen LogP contribution < -0.4 is 18.9 Å².